The van der Waals surface area contributed by atoms with Gasteiger partial charge in [0.25, 0.3) is 5.91 Å². The van der Waals surface area contributed by atoms with Crippen LogP contribution in [-0.4, -0.2) is 18.1 Å². The smallest absolute Gasteiger partial charge is 0.416 e. The average molecular weight is 290 g/mol. The van der Waals surface area contributed by atoms with E-state index in [1.54, 1.807) is 6.92 Å². The molecule has 1 amide bonds. The van der Waals surface area contributed by atoms with Gasteiger partial charge in [-0.15, -0.1) is 0 Å². The Morgan fingerprint density at radius 3 is 2.40 bits per heavy atom. The lowest BCUT2D eigenvalue weighted by Crippen LogP contribution is -2.41. The highest BCUT2D eigenvalue weighted by molar-refractivity contribution is 5.95. The molecule has 1 aromatic carbocycles. The number of alkyl halides is 3. The van der Waals surface area contributed by atoms with E-state index in [9.17, 15) is 18.0 Å². The van der Waals surface area contributed by atoms with Gasteiger partial charge in [0.15, 0.2) is 0 Å². The average Bonchev–Trinajstić information content (AvgIpc) is 2.35. The molecule has 0 aliphatic heterocycles. The predicted molar refractivity (Wildman–Crippen MR) is 68.3 cm³/mol. The van der Waals surface area contributed by atoms with Crippen molar-refractivity contribution in [2.45, 2.75) is 32.0 Å². The summed E-state index contributed by atoms with van der Waals surface area (Å²) in [6.45, 7) is 3.65. The Balaban J connectivity index is 3.06. The second kappa shape index (κ2) is 5.70. The Labute approximate surface area is 114 Å². The number of primary amides is 1. The molecule has 0 bridgehead atoms. The molecule has 4 nitrogen and oxygen atoms in total. The van der Waals surface area contributed by atoms with Crippen LogP contribution < -0.4 is 16.2 Å². The van der Waals surface area contributed by atoms with Gasteiger partial charge < -0.3 is 16.2 Å². The maximum Gasteiger partial charge on any atom is 0.416 e. The van der Waals surface area contributed by atoms with Gasteiger partial charge in [-0.25, -0.2) is 0 Å². The zero-order valence-electron chi connectivity index (χ0n) is 11.3. The van der Waals surface area contributed by atoms with Crippen LogP contribution in [0, 0.1) is 0 Å². The molecule has 112 valence electrons. The van der Waals surface area contributed by atoms with Crippen LogP contribution in [0.2, 0.25) is 0 Å². The minimum atomic E-state index is -4.55. The van der Waals surface area contributed by atoms with E-state index in [0.29, 0.717) is 12.5 Å². The second-order valence-corrected chi connectivity index (χ2v) is 4.87. The summed E-state index contributed by atoms with van der Waals surface area (Å²) >= 11 is 0. The van der Waals surface area contributed by atoms with Crippen LogP contribution in [0.5, 0.6) is 5.75 Å². The third kappa shape index (κ3) is 4.12. The Hall–Kier alpha value is -1.76. The SMILES string of the molecule is CCC(C)(N)COc1ccc(C(F)(F)F)cc1C(N)=O. The highest BCUT2D eigenvalue weighted by Crippen LogP contribution is 2.32. The molecular formula is C13H17F3N2O2. The monoisotopic (exact) mass is 290 g/mol. The topological polar surface area (TPSA) is 78.3 Å². The summed E-state index contributed by atoms with van der Waals surface area (Å²) < 4.78 is 43.1. The molecule has 0 spiro atoms. The largest absolute Gasteiger partial charge is 0.491 e. The zero-order chi connectivity index (χ0) is 15.6. The standard InChI is InChI=1S/C13H17F3N2O2/c1-3-12(2,18)7-20-10-5-4-8(13(14,15)16)6-9(10)11(17)19/h4-6H,3,7,18H2,1-2H3,(H2,17,19). The molecule has 0 aromatic heterocycles. The number of carbonyl (C=O) groups excluding carboxylic acids is 1. The van der Waals surface area contributed by atoms with Gasteiger partial charge in [-0.2, -0.15) is 13.2 Å². The van der Waals surface area contributed by atoms with Gasteiger partial charge in [0, 0.05) is 5.54 Å². The van der Waals surface area contributed by atoms with Crippen molar-refractivity contribution in [3.63, 3.8) is 0 Å². The van der Waals surface area contributed by atoms with E-state index in [4.69, 9.17) is 16.2 Å². The Morgan fingerprint density at radius 2 is 1.95 bits per heavy atom. The molecule has 20 heavy (non-hydrogen) atoms. The Kier molecular flexibility index (Phi) is 4.65. The molecule has 4 N–H and O–H groups in total. The van der Waals surface area contributed by atoms with Crippen LogP contribution in [0.1, 0.15) is 36.2 Å². The summed E-state index contributed by atoms with van der Waals surface area (Å²) in [6, 6.07) is 2.59. The number of halogens is 3. The number of rotatable bonds is 5. The van der Waals surface area contributed by atoms with Crippen LogP contribution in [-0.2, 0) is 6.18 Å². The zero-order valence-corrected chi connectivity index (χ0v) is 11.3. The first kappa shape index (κ1) is 16.3. The first-order chi connectivity index (χ1) is 9.07. The van der Waals surface area contributed by atoms with Crippen molar-refractivity contribution in [3.8, 4) is 5.75 Å². The molecule has 0 heterocycles. The lowest BCUT2D eigenvalue weighted by molar-refractivity contribution is -0.137. The van der Waals surface area contributed by atoms with Crippen LogP contribution >= 0.6 is 0 Å². The Morgan fingerprint density at radius 1 is 1.35 bits per heavy atom. The van der Waals surface area contributed by atoms with E-state index >= 15 is 0 Å². The van der Waals surface area contributed by atoms with E-state index in [1.807, 2.05) is 6.92 Å². The molecule has 0 saturated heterocycles. The number of hydrogen-bond donors (Lipinski definition) is 2. The quantitative estimate of drug-likeness (QED) is 0.873. The molecule has 1 unspecified atom stereocenters. The molecule has 1 rings (SSSR count). The maximum atomic E-state index is 12.6. The second-order valence-electron chi connectivity index (χ2n) is 4.87. The van der Waals surface area contributed by atoms with Crippen molar-refractivity contribution < 1.29 is 22.7 Å². The van der Waals surface area contributed by atoms with Gasteiger partial charge >= 0.3 is 6.18 Å². The summed E-state index contributed by atoms with van der Waals surface area (Å²) in [4.78, 5) is 11.2. The van der Waals surface area contributed by atoms with Crippen LogP contribution in [0.4, 0.5) is 13.2 Å². The number of hydrogen-bond acceptors (Lipinski definition) is 3. The summed E-state index contributed by atoms with van der Waals surface area (Å²) in [5.74, 6) is -0.989. The fourth-order valence-electron chi connectivity index (χ4n) is 1.37. The first-order valence-corrected chi connectivity index (χ1v) is 5.99. The van der Waals surface area contributed by atoms with Crippen molar-refractivity contribution in [1.29, 1.82) is 0 Å². The molecule has 1 atom stereocenters. The normalized spacial score (nSPS) is 14.7. The molecule has 0 radical (unpaired) electrons. The fourth-order valence-corrected chi connectivity index (χ4v) is 1.37. The van der Waals surface area contributed by atoms with Gasteiger partial charge in [-0.3, -0.25) is 4.79 Å². The van der Waals surface area contributed by atoms with E-state index in [2.05, 4.69) is 0 Å². The van der Waals surface area contributed by atoms with Crippen molar-refractivity contribution in [3.05, 3.63) is 29.3 Å². The number of benzene rings is 1. The highest BCUT2D eigenvalue weighted by Gasteiger charge is 2.32. The summed E-state index contributed by atoms with van der Waals surface area (Å²) in [5, 5.41) is 0. The molecule has 0 aliphatic carbocycles. The van der Waals surface area contributed by atoms with Gasteiger partial charge in [0.2, 0.25) is 0 Å². The minimum Gasteiger partial charge on any atom is -0.491 e. The summed E-state index contributed by atoms with van der Waals surface area (Å²) in [7, 11) is 0. The molecule has 0 fully saturated rings. The van der Waals surface area contributed by atoms with Crippen LogP contribution in [0.25, 0.3) is 0 Å². The Bertz CT molecular complexity index is 499. The van der Waals surface area contributed by atoms with Gasteiger partial charge in [0.1, 0.15) is 12.4 Å². The van der Waals surface area contributed by atoms with Gasteiger partial charge in [0.05, 0.1) is 11.1 Å². The highest BCUT2D eigenvalue weighted by atomic mass is 19.4. The van der Waals surface area contributed by atoms with E-state index < -0.39 is 23.2 Å². The number of nitrogens with two attached hydrogens (primary N) is 2. The van der Waals surface area contributed by atoms with Crippen molar-refractivity contribution in [1.82, 2.24) is 0 Å². The molecule has 1 aromatic rings. The lowest BCUT2D eigenvalue weighted by atomic mass is 10.0. The predicted octanol–water partition coefficient (Wildman–Crippen LogP) is 2.31. The molecule has 0 aliphatic rings. The third-order valence-electron chi connectivity index (χ3n) is 2.94. The maximum absolute atomic E-state index is 12.6. The van der Waals surface area contributed by atoms with Crippen molar-refractivity contribution in [2.75, 3.05) is 6.61 Å². The number of amides is 1. The van der Waals surface area contributed by atoms with Crippen molar-refractivity contribution >= 4 is 5.91 Å². The van der Waals surface area contributed by atoms with Crippen molar-refractivity contribution in [2.24, 2.45) is 11.5 Å². The molecular weight excluding hydrogens is 273 g/mol. The van der Waals surface area contributed by atoms with E-state index in [-0.39, 0.29) is 17.9 Å². The molecule has 0 saturated carbocycles. The van der Waals surface area contributed by atoms with E-state index in [0.717, 1.165) is 12.1 Å². The van der Waals surface area contributed by atoms with Crippen LogP contribution in [0.3, 0.4) is 0 Å². The summed E-state index contributed by atoms with van der Waals surface area (Å²) in [6.07, 6.45) is -3.94. The number of carbonyl (C=O) groups is 1. The third-order valence-corrected chi connectivity index (χ3v) is 2.94. The first-order valence-electron chi connectivity index (χ1n) is 5.99. The molecule has 7 heteroatoms. The summed E-state index contributed by atoms with van der Waals surface area (Å²) in [5.41, 5.74) is 9.04. The van der Waals surface area contributed by atoms with E-state index in [1.165, 1.54) is 0 Å². The van der Waals surface area contributed by atoms with Gasteiger partial charge in [-0.05, 0) is 31.5 Å². The van der Waals surface area contributed by atoms with Gasteiger partial charge in [-0.1, -0.05) is 6.92 Å². The lowest BCUT2D eigenvalue weighted by Gasteiger charge is -2.23. The minimum absolute atomic E-state index is 0.00405. The number of ether oxygens (including phenoxy) is 1. The van der Waals surface area contributed by atoms with Crippen LogP contribution in [0.15, 0.2) is 18.2 Å². The fraction of sp³-hybridized carbons (Fsp3) is 0.462.